The van der Waals surface area contributed by atoms with Crippen LogP contribution < -0.4 is 4.74 Å². The summed E-state index contributed by atoms with van der Waals surface area (Å²) >= 11 is 11.6. The molecule has 2 aromatic rings. The summed E-state index contributed by atoms with van der Waals surface area (Å²) < 4.78 is 6.56. The number of nitrogens with zero attached hydrogens (tertiary/aromatic N) is 3. The van der Waals surface area contributed by atoms with Gasteiger partial charge in [0, 0.05) is 10.6 Å². The summed E-state index contributed by atoms with van der Waals surface area (Å²) in [4.78, 5) is 10.0. The van der Waals surface area contributed by atoms with Gasteiger partial charge in [-0.2, -0.15) is 4.68 Å². The highest BCUT2D eigenvalue weighted by molar-refractivity contribution is 6.32. The highest BCUT2D eigenvalue weighted by Gasteiger charge is 2.19. The first-order chi connectivity index (χ1) is 9.01. The van der Waals surface area contributed by atoms with Gasteiger partial charge < -0.3 is 14.9 Å². The Balaban J connectivity index is 2.33. The van der Waals surface area contributed by atoms with Crippen LogP contribution in [-0.4, -0.2) is 21.8 Å². The van der Waals surface area contributed by atoms with Crippen LogP contribution in [0.2, 0.25) is 10.0 Å². The predicted molar refractivity (Wildman–Crippen MR) is 71.0 cm³/mol. The largest absolute Gasteiger partial charge is 0.496 e. The maximum atomic E-state index is 10.7. The van der Waals surface area contributed by atoms with Gasteiger partial charge in [0.15, 0.2) is 5.02 Å². The fourth-order valence-electron chi connectivity index (χ4n) is 1.64. The Kier molecular flexibility index (Phi) is 3.92. The molecule has 2 rings (SSSR count). The molecule has 8 heteroatoms. The van der Waals surface area contributed by atoms with E-state index in [2.05, 4.69) is 5.10 Å². The number of hydrogen-bond donors (Lipinski definition) is 0. The van der Waals surface area contributed by atoms with E-state index in [0.717, 1.165) is 5.56 Å². The lowest BCUT2D eigenvalue weighted by molar-refractivity contribution is -0.389. The molecule has 0 radical (unpaired) electrons. The summed E-state index contributed by atoms with van der Waals surface area (Å²) in [5.41, 5.74) is 0.754. The highest BCUT2D eigenvalue weighted by Crippen LogP contribution is 2.26. The van der Waals surface area contributed by atoms with E-state index >= 15 is 0 Å². The van der Waals surface area contributed by atoms with E-state index in [-0.39, 0.29) is 17.4 Å². The molecule has 19 heavy (non-hydrogen) atoms. The van der Waals surface area contributed by atoms with Crippen molar-refractivity contribution in [1.82, 2.24) is 9.78 Å². The summed E-state index contributed by atoms with van der Waals surface area (Å²) in [6.07, 6.45) is 1.39. The van der Waals surface area contributed by atoms with Crippen molar-refractivity contribution in [2.45, 2.75) is 6.54 Å². The third kappa shape index (κ3) is 2.97. The molecule has 0 fully saturated rings. The standard InChI is InChI=1S/C11H9Cl2N3O3/c1-19-10-3-2-8(12)4-7(10)5-15-6-9(13)11(14-15)16(17)18/h2-4,6H,5H2,1H3. The van der Waals surface area contributed by atoms with E-state index in [1.54, 1.807) is 18.2 Å². The number of hydrogen-bond acceptors (Lipinski definition) is 4. The predicted octanol–water partition coefficient (Wildman–Crippen LogP) is 3.16. The van der Waals surface area contributed by atoms with Crippen LogP contribution in [0.25, 0.3) is 0 Å². The zero-order valence-electron chi connectivity index (χ0n) is 9.84. The van der Waals surface area contributed by atoms with Crippen LogP contribution in [0.1, 0.15) is 5.56 Å². The van der Waals surface area contributed by atoms with E-state index in [9.17, 15) is 10.1 Å². The number of benzene rings is 1. The van der Waals surface area contributed by atoms with Gasteiger partial charge in [-0.1, -0.05) is 23.2 Å². The summed E-state index contributed by atoms with van der Waals surface area (Å²) in [5, 5.41) is 15.0. The number of halogens is 2. The average Bonchev–Trinajstić information content (AvgIpc) is 2.71. The Bertz CT molecular complexity index is 628. The lowest BCUT2D eigenvalue weighted by Gasteiger charge is -2.07. The van der Waals surface area contributed by atoms with Gasteiger partial charge in [0.25, 0.3) is 0 Å². The van der Waals surface area contributed by atoms with E-state index < -0.39 is 4.92 Å². The summed E-state index contributed by atoms with van der Waals surface area (Å²) in [7, 11) is 1.53. The van der Waals surface area contributed by atoms with Gasteiger partial charge >= 0.3 is 5.82 Å². The molecule has 0 aliphatic rings. The Morgan fingerprint density at radius 3 is 2.79 bits per heavy atom. The van der Waals surface area contributed by atoms with Gasteiger partial charge in [-0.05, 0) is 23.1 Å². The van der Waals surface area contributed by atoms with Crippen molar-refractivity contribution >= 4 is 29.0 Å². The minimum absolute atomic E-state index is 0.00834. The van der Waals surface area contributed by atoms with Crippen molar-refractivity contribution in [3.05, 3.63) is 50.1 Å². The molecule has 1 aromatic carbocycles. The molecule has 0 spiro atoms. The van der Waals surface area contributed by atoms with Gasteiger partial charge in [0.05, 0.1) is 25.0 Å². The zero-order valence-corrected chi connectivity index (χ0v) is 11.4. The van der Waals surface area contributed by atoms with Crippen LogP contribution in [-0.2, 0) is 6.54 Å². The van der Waals surface area contributed by atoms with Gasteiger partial charge in [0.2, 0.25) is 0 Å². The molecule has 0 aliphatic heterocycles. The molecule has 0 bridgehead atoms. The summed E-state index contributed by atoms with van der Waals surface area (Å²) in [6, 6.07) is 5.13. The van der Waals surface area contributed by atoms with Crippen LogP contribution >= 0.6 is 23.2 Å². The Hall–Kier alpha value is -1.79. The lowest BCUT2D eigenvalue weighted by Crippen LogP contribution is -2.03. The number of ether oxygens (including phenoxy) is 1. The van der Waals surface area contributed by atoms with Crippen molar-refractivity contribution in [3.63, 3.8) is 0 Å². The fraction of sp³-hybridized carbons (Fsp3) is 0.182. The van der Waals surface area contributed by atoms with Crippen LogP contribution in [0.4, 0.5) is 5.82 Å². The van der Waals surface area contributed by atoms with E-state index in [0.29, 0.717) is 10.8 Å². The van der Waals surface area contributed by atoms with Crippen molar-refractivity contribution in [2.75, 3.05) is 7.11 Å². The third-order valence-electron chi connectivity index (χ3n) is 2.45. The van der Waals surface area contributed by atoms with Crippen LogP contribution in [0.5, 0.6) is 5.75 Å². The molecule has 0 atom stereocenters. The molecule has 0 saturated heterocycles. The Morgan fingerprint density at radius 2 is 2.21 bits per heavy atom. The molecule has 6 nitrogen and oxygen atoms in total. The van der Waals surface area contributed by atoms with Crippen molar-refractivity contribution < 1.29 is 9.66 Å². The molecular weight excluding hydrogens is 293 g/mol. The molecule has 1 heterocycles. The maximum absolute atomic E-state index is 10.7. The maximum Gasteiger partial charge on any atom is 0.408 e. The molecule has 0 aliphatic carbocycles. The fourth-order valence-corrected chi connectivity index (χ4v) is 2.05. The van der Waals surface area contributed by atoms with Crippen LogP contribution in [0.15, 0.2) is 24.4 Å². The monoisotopic (exact) mass is 301 g/mol. The van der Waals surface area contributed by atoms with E-state index in [4.69, 9.17) is 27.9 Å². The second-order valence-electron chi connectivity index (χ2n) is 3.71. The topological polar surface area (TPSA) is 70.2 Å². The number of nitro groups is 1. The number of aromatic nitrogens is 2. The molecule has 100 valence electrons. The first-order valence-corrected chi connectivity index (χ1v) is 5.96. The van der Waals surface area contributed by atoms with Gasteiger partial charge in [-0.15, -0.1) is 0 Å². The second-order valence-corrected chi connectivity index (χ2v) is 4.56. The first-order valence-electron chi connectivity index (χ1n) is 5.21. The van der Waals surface area contributed by atoms with Gasteiger partial charge in [0.1, 0.15) is 5.75 Å². The normalized spacial score (nSPS) is 10.5. The number of methoxy groups -OCH3 is 1. The minimum atomic E-state index is -0.631. The molecular formula is C11H9Cl2N3O3. The van der Waals surface area contributed by atoms with Crippen LogP contribution in [0.3, 0.4) is 0 Å². The SMILES string of the molecule is COc1ccc(Cl)cc1Cn1cc(Cl)c([N+](=O)[O-])n1. The van der Waals surface area contributed by atoms with Crippen molar-refractivity contribution in [2.24, 2.45) is 0 Å². The molecule has 0 saturated carbocycles. The molecule has 1 aromatic heterocycles. The summed E-state index contributed by atoms with van der Waals surface area (Å²) in [5.74, 6) is 0.251. The molecule has 0 unspecified atom stereocenters. The number of rotatable bonds is 4. The molecule has 0 N–H and O–H groups in total. The molecule has 0 amide bonds. The van der Waals surface area contributed by atoms with Crippen molar-refractivity contribution in [3.8, 4) is 5.75 Å². The smallest absolute Gasteiger partial charge is 0.408 e. The Labute approximate surface area is 118 Å². The summed E-state index contributed by atoms with van der Waals surface area (Å²) in [6.45, 7) is 0.275. The first kappa shape index (κ1) is 13.6. The highest BCUT2D eigenvalue weighted by atomic mass is 35.5. The van der Waals surface area contributed by atoms with E-state index in [1.807, 2.05) is 0 Å². The third-order valence-corrected chi connectivity index (χ3v) is 2.95. The van der Waals surface area contributed by atoms with E-state index in [1.165, 1.54) is 18.0 Å². The zero-order chi connectivity index (χ0) is 14.0. The lowest BCUT2D eigenvalue weighted by atomic mass is 10.2. The minimum Gasteiger partial charge on any atom is -0.496 e. The van der Waals surface area contributed by atoms with Gasteiger partial charge in [-0.25, -0.2) is 0 Å². The second kappa shape index (κ2) is 5.46. The Morgan fingerprint density at radius 1 is 1.47 bits per heavy atom. The van der Waals surface area contributed by atoms with Crippen molar-refractivity contribution in [1.29, 1.82) is 0 Å². The van der Waals surface area contributed by atoms with Crippen LogP contribution in [0, 0.1) is 10.1 Å². The average molecular weight is 302 g/mol. The van der Waals surface area contributed by atoms with Gasteiger partial charge in [-0.3, -0.25) is 0 Å². The quantitative estimate of drug-likeness (QED) is 0.642.